The molecule has 0 radical (unpaired) electrons. The average Bonchev–Trinajstić information content (AvgIpc) is 2.55. The Balaban J connectivity index is 2.47. The molecule has 5 nitrogen and oxygen atoms in total. The number of carbonyl (C=O) groups is 1. The van der Waals surface area contributed by atoms with Gasteiger partial charge in [-0.1, -0.05) is 6.92 Å². The second-order valence-electron chi connectivity index (χ2n) is 2.49. The fourth-order valence-electron chi connectivity index (χ4n) is 0.740. The van der Waals surface area contributed by atoms with Gasteiger partial charge in [0.05, 0.1) is 17.9 Å². The minimum atomic E-state index is -0.445. The van der Waals surface area contributed by atoms with Crippen LogP contribution in [0.1, 0.15) is 13.3 Å². The lowest BCUT2D eigenvalue weighted by Crippen LogP contribution is -2.34. The van der Waals surface area contributed by atoms with E-state index in [0.29, 0.717) is 12.1 Å². The van der Waals surface area contributed by atoms with Gasteiger partial charge in [0.25, 0.3) is 0 Å². The molecule has 0 aliphatic rings. The zero-order chi connectivity index (χ0) is 8.97. The number of carbonyl (C=O) groups excluding carboxylic acids is 1. The third kappa shape index (κ3) is 2.06. The lowest BCUT2D eigenvalue weighted by Gasteiger charge is -2.07. The Hall–Kier alpha value is -1.36. The normalized spacial score (nSPS) is 12.5. The second kappa shape index (κ2) is 3.87. The monoisotopic (exact) mass is 168 g/mol. The number of nitrogens with two attached hydrogens (primary N) is 1. The van der Waals surface area contributed by atoms with Crippen LogP contribution in [-0.2, 0) is 4.79 Å². The van der Waals surface area contributed by atoms with Crippen LogP contribution in [-0.4, -0.2) is 22.1 Å². The van der Waals surface area contributed by atoms with Crippen LogP contribution in [0.15, 0.2) is 12.4 Å². The van der Waals surface area contributed by atoms with Gasteiger partial charge in [-0.3, -0.25) is 9.89 Å². The molecule has 0 aliphatic heterocycles. The molecule has 4 N–H and O–H groups in total. The number of aromatic nitrogens is 2. The molecule has 0 bridgehead atoms. The number of H-pyrrole nitrogens is 1. The molecule has 1 heterocycles. The summed E-state index contributed by atoms with van der Waals surface area (Å²) in [6.07, 6.45) is 3.75. The lowest BCUT2D eigenvalue weighted by atomic mass is 10.2. The van der Waals surface area contributed by atoms with Gasteiger partial charge < -0.3 is 11.1 Å². The number of amides is 1. The summed E-state index contributed by atoms with van der Waals surface area (Å²) in [6, 6.07) is -0.445. The van der Waals surface area contributed by atoms with E-state index in [9.17, 15) is 4.79 Å². The van der Waals surface area contributed by atoms with Crippen molar-refractivity contribution in [1.29, 1.82) is 0 Å². The summed E-state index contributed by atoms with van der Waals surface area (Å²) in [5, 5.41) is 8.88. The Morgan fingerprint density at radius 1 is 1.92 bits per heavy atom. The zero-order valence-electron chi connectivity index (χ0n) is 6.87. The largest absolute Gasteiger partial charge is 0.322 e. The van der Waals surface area contributed by atoms with Crippen molar-refractivity contribution in [3.63, 3.8) is 0 Å². The summed E-state index contributed by atoms with van der Waals surface area (Å²) in [4.78, 5) is 11.2. The summed E-state index contributed by atoms with van der Waals surface area (Å²) >= 11 is 0. The first-order chi connectivity index (χ1) is 5.74. The molecule has 1 aromatic heterocycles. The second-order valence-corrected chi connectivity index (χ2v) is 2.49. The van der Waals surface area contributed by atoms with Crippen LogP contribution in [0.25, 0.3) is 0 Å². The minimum Gasteiger partial charge on any atom is -0.322 e. The Morgan fingerprint density at radius 2 is 2.67 bits per heavy atom. The highest BCUT2D eigenvalue weighted by Gasteiger charge is 2.10. The first-order valence-corrected chi connectivity index (χ1v) is 3.79. The number of rotatable bonds is 3. The van der Waals surface area contributed by atoms with Crippen molar-refractivity contribution in [2.24, 2.45) is 5.73 Å². The molecule has 1 atom stereocenters. The van der Waals surface area contributed by atoms with E-state index in [-0.39, 0.29) is 5.91 Å². The summed E-state index contributed by atoms with van der Waals surface area (Å²) in [6.45, 7) is 1.86. The van der Waals surface area contributed by atoms with E-state index in [2.05, 4.69) is 15.5 Å². The first-order valence-electron chi connectivity index (χ1n) is 3.79. The van der Waals surface area contributed by atoms with Crippen LogP contribution >= 0.6 is 0 Å². The molecule has 1 unspecified atom stereocenters. The summed E-state index contributed by atoms with van der Waals surface area (Å²) in [5.41, 5.74) is 6.13. The lowest BCUT2D eigenvalue weighted by molar-refractivity contribution is -0.117. The zero-order valence-corrected chi connectivity index (χ0v) is 6.87. The molecule has 0 spiro atoms. The smallest absolute Gasteiger partial charge is 0.241 e. The fourth-order valence-corrected chi connectivity index (χ4v) is 0.740. The van der Waals surface area contributed by atoms with Crippen LogP contribution in [0, 0.1) is 0 Å². The maximum absolute atomic E-state index is 11.2. The molecule has 0 aliphatic carbocycles. The number of hydrogen-bond acceptors (Lipinski definition) is 3. The average molecular weight is 168 g/mol. The highest BCUT2D eigenvalue weighted by atomic mass is 16.2. The van der Waals surface area contributed by atoms with Crippen molar-refractivity contribution in [3.8, 4) is 0 Å². The molecule has 1 aromatic rings. The first kappa shape index (κ1) is 8.73. The van der Waals surface area contributed by atoms with Crippen LogP contribution in [0.4, 0.5) is 5.69 Å². The SMILES string of the molecule is CCC(N)C(=O)Nc1cn[nH]c1. The summed E-state index contributed by atoms with van der Waals surface area (Å²) in [5.74, 6) is -0.182. The van der Waals surface area contributed by atoms with Gasteiger partial charge in [0, 0.05) is 6.20 Å². The van der Waals surface area contributed by atoms with Crippen molar-refractivity contribution in [2.45, 2.75) is 19.4 Å². The number of nitrogens with zero attached hydrogens (tertiary/aromatic N) is 1. The maximum Gasteiger partial charge on any atom is 0.241 e. The van der Waals surface area contributed by atoms with Crippen LogP contribution in [0.5, 0.6) is 0 Å². The van der Waals surface area contributed by atoms with E-state index >= 15 is 0 Å². The number of aromatic amines is 1. The van der Waals surface area contributed by atoms with E-state index in [1.165, 1.54) is 6.20 Å². The molecule has 66 valence electrons. The quantitative estimate of drug-likeness (QED) is 0.597. The van der Waals surface area contributed by atoms with E-state index < -0.39 is 6.04 Å². The molecule has 0 fully saturated rings. The van der Waals surface area contributed by atoms with Crippen molar-refractivity contribution in [1.82, 2.24) is 10.2 Å². The minimum absolute atomic E-state index is 0.182. The Morgan fingerprint density at radius 3 is 3.17 bits per heavy atom. The Kier molecular flexibility index (Phi) is 2.82. The molecule has 0 aromatic carbocycles. The summed E-state index contributed by atoms with van der Waals surface area (Å²) < 4.78 is 0. The van der Waals surface area contributed by atoms with Gasteiger partial charge in [0.2, 0.25) is 5.91 Å². The Bertz CT molecular complexity index is 244. The van der Waals surface area contributed by atoms with Crippen LogP contribution in [0.3, 0.4) is 0 Å². The molecule has 5 heteroatoms. The van der Waals surface area contributed by atoms with Gasteiger partial charge in [-0.2, -0.15) is 5.10 Å². The maximum atomic E-state index is 11.2. The predicted molar refractivity (Wildman–Crippen MR) is 45.5 cm³/mol. The van der Waals surface area contributed by atoms with Gasteiger partial charge in [0.15, 0.2) is 0 Å². The van der Waals surface area contributed by atoms with E-state index in [4.69, 9.17) is 5.73 Å². The van der Waals surface area contributed by atoms with E-state index in [1.807, 2.05) is 6.92 Å². The highest BCUT2D eigenvalue weighted by Crippen LogP contribution is 2.01. The predicted octanol–water partition coefficient (Wildman–Crippen LogP) is 0.0855. The summed E-state index contributed by atoms with van der Waals surface area (Å²) in [7, 11) is 0. The van der Waals surface area contributed by atoms with Crippen molar-refractivity contribution >= 4 is 11.6 Å². The van der Waals surface area contributed by atoms with Crippen LogP contribution < -0.4 is 11.1 Å². The number of hydrogen-bond donors (Lipinski definition) is 3. The van der Waals surface area contributed by atoms with Crippen molar-refractivity contribution in [2.75, 3.05) is 5.32 Å². The van der Waals surface area contributed by atoms with E-state index in [1.54, 1.807) is 6.20 Å². The third-order valence-corrected chi connectivity index (χ3v) is 1.54. The molecule has 1 rings (SSSR count). The Labute approximate surface area is 70.3 Å². The highest BCUT2D eigenvalue weighted by molar-refractivity contribution is 5.94. The molecular weight excluding hydrogens is 156 g/mol. The van der Waals surface area contributed by atoms with Gasteiger partial charge in [-0.25, -0.2) is 0 Å². The third-order valence-electron chi connectivity index (χ3n) is 1.54. The van der Waals surface area contributed by atoms with Crippen LogP contribution in [0.2, 0.25) is 0 Å². The van der Waals surface area contributed by atoms with Gasteiger partial charge in [-0.15, -0.1) is 0 Å². The molecule has 1 amide bonds. The van der Waals surface area contributed by atoms with Gasteiger partial charge >= 0.3 is 0 Å². The molecule has 0 saturated carbocycles. The van der Waals surface area contributed by atoms with Gasteiger partial charge in [-0.05, 0) is 6.42 Å². The fraction of sp³-hybridized carbons (Fsp3) is 0.429. The topological polar surface area (TPSA) is 83.8 Å². The molecule has 12 heavy (non-hydrogen) atoms. The number of nitrogens with one attached hydrogen (secondary N) is 2. The standard InChI is InChI=1S/C7H12N4O/c1-2-6(8)7(12)11-5-3-9-10-4-5/h3-4,6H,2,8H2,1H3,(H,9,10)(H,11,12). The van der Waals surface area contributed by atoms with Crippen molar-refractivity contribution in [3.05, 3.63) is 12.4 Å². The van der Waals surface area contributed by atoms with Gasteiger partial charge in [0.1, 0.15) is 0 Å². The molecule has 0 saturated heterocycles. The van der Waals surface area contributed by atoms with E-state index in [0.717, 1.165) is 0 Å². The van der Waals surface area contributed by atoms with Crippen molar-refractivity contribution < 1.29 is 4.79 Å². The number of anilines is 1. The molecular formula is C7H12N4O.